The fourth-order valence-electron chi connectivity index (χ4n) is 1.61. The standard InChI is InChI=1S/C13H18N2O3/c1-3-9(2)15-13(16)14-7-10-4-5-11-12(6-10)18-8-17-11/h4-6,9H,3,7-8H2,1-2H3,(H2,14,15,16). The highest BCUT2D eigenvalue weighted by Crippen LogP contribution is 2.32. The van der Waals surface area contributed by atoms with E-state index in [4.69, 9.17) is 9.47 Å². The molecule has 18 heavy (non-hydrogen) atoms. The zero-order valence-corrected chi connectivity index (χ0v) is 10.7. The molecule has 1 heterocycles. The first-order chi connectivity index (χ1) is 8.69. The fourth-order valence-corrected chi connectivity index (χ4v) is 1.61. The molecule has 0 saturated carbocycles. The van der Waals surface area contributed by atoms with Crippen molar-refractivity contribution >= 4 is 6.03 Å². The van der Waals surface area contributed by atoms with Crippen molar-refractivity contribution in [3.05, 3.63) is 23.8 Å². The molecule has 5 heteroatoms. The second kappa shape index (κ2) is 5.62. The minimum Gasteiger partial charge on any atom is -0.454 e. The topological polar surface area (TPSA) is 59.6 Å². The predicted octanol–water partition coefficient (Wildman–Crippen LogP) is 2.01. The van der Waals surface area contributed by atoms with Crippen LogP contribution in [0.4, 0.5) is 4.79 Å². The normalized spacial score (nSPS) is 14.1. The Morgan fingerprint density at radius 2 is 2.17 bits per heavy atom. The Hall–Kier alpha value is -1.91. The molecule has 0 saturated heterocycles. The maximum absolute atomic E-state index is 11.5. The van der Waals surface area contributed by atoms with E-state index in [-0.39, 0.29) is 18.9 Å². The van der Waals surface area contributed by atoms with Gasteiger partial charge < -0.3 is 20.1 Å². The molecule has 2 N–H and O–H groups in total. The number of carbonyl (C=O) groups excluding carboxylic acids is 1. The Bertz CT molecular complexity index is 434. The van der Waals surface area contributed by atoms with Crippen LogP contribution in [-0.4, -0.2) is 18.9 Å². The summed E-state index contributed by atoms with van der Waals surface area (Å²) in [6, 6.07) is 5.68. The number of urea groups is 1. The monoisotopic (exact) mass is 250 g/mol. The molecule has 5 nitrogen and oxygen atoms in total. The van der Waals surface area contributed by atoms with Crippen LogP contribution in [0.1, 0.15) is 25.8 Å². The number of carbonyl (C=O) groups is 1. The van der Waals surface area contributed by atoms with Crippen LogP contribution in [0.2, 0.25) is 0 Å². The fraction of sp³-hybridized carbons (Fsp3) is 0.462. The number of fused-ring (bicyclic) bond motifs is 1. The average molecular weight is 250 g/mol. The molecular formula is C13H18N2O3. The maximum Gasteiger partial charge on any atom is 0.315 e. The van der Waals surface area contributed by atoms with Crippen LogP contribution in [0.5, 0.6) is 11.5 Å². The van der Waals surface area contributed by atoms with Crippen LogP contribution in [0, 0.1) is 0 Å². The van der Waals surface area contributed by atoms with Crippen molar-refractivity contribution in [3.63, 3.8) is 0 Å². The van der Waals surface area contributed by atoms with Gasteiger partial charge >= 0.3 is 6.03 Å². The predicted molar refractivity (Wildman–Crippen MR) is 67.7 cm³/mol. The quantitative estimate of drug-likeness (QED) is 0.859. The van der Waals surface area contributed by atoms with Gasteiger partial charge in [-0.05, 0) is 31.0 Å². The van der Waals surface area contributed by atoms with Crippen molar-refractivity contribution in [2.75, 3.05) is 6.79 Å². The molecule has 0 bridgehead atoms. The van der Waals surface area contributed by atoms with Crippen LogP contribution < -0.4 is 20.1 Å². The number of rotatable bonds is 4. The number of hydrogen-bond donors (Lipinski definition) is 2. The van der Waals surface area contributed by atoms with Crippen molar-refractivity contribution in [2.24, 2.45) is 0 Å². The zero-order valence-electron chi connectivity index (χ0n) is 10.7. The van der Waals surface area contributed by atoms with Crippen molar-refractivity contribution in [2.45, 2.75) is 32.9 Å². The van der Waals surface area contributed by atoms with Gasteiger partial charge in [-0.2, -0.15) is 0 Å². The van der Waals surface area contributed by atoms with Gasteiger partial charge in [0.05, 0.1) is 0 Å². The Morgan fingerprint density at radius 3 is 2.94 bits per heavy atom. The van der Waals surface area contributed by atoms with E-state index in [1.165, 1.54) is 0 Å². The van der Waals surface area contributed by atoms with Gasteiger partial charge in [0, 0.05) is 12.6 Å². The Kier molecular flexibility index (Phi) is 3.92. The molecule has 0 spiro atoms. The molecule has 0 aromatic heterocycles. The van der Waals surface area contributed by atoms with Gasteiger partial charge in [0.1, 0.15) is 0 Å². The number of nitrogens with one attached hydrogen (secondary N) is 2. The van der Waals surface area contributed by atoms with E-state index in [2.05, 4.69) is 10.6 Å². The molecule has 1 aliphatic heterocycles. The Morgan fingerprint density at radius 1 is 1.39 bits per heavy atom. The second-order valence-electron chi connectivity index (χ2n) is 4.32. The molecule has 0 aliphatic carbocycles. The van der Waals surface area contributed by atoms with Crippen LogP contribution in [0.25, 0.3) is 0 Å². The summed E-state index contributed by atoms with van der Waals surface area (Å²) in [5, 5.41) is 5.66. The third kappa shape index (κ3) is 3.06. The number of ether oxygens (including phenoxy) is 2. The van der Waals surface area contributed by atoms with E-state index in [1.54, 1.807) is 0 Å². The molecule has 2 rings (SSSR count). The molecular weight excluding hydrogens is 232 g/mol. The lowest BCUT2D eigenvalue weighted by atomic mass is 10.2. The van der Waals surface area contributed by atoms with Crippen LogP contribution in [0.3, 0.4) is 0 Å². The van der Waals surface area contributed by atoms with Gasteiger partial charge in [0.15, 0.2) is 11.5 Å². The van der Waals surface area contributed by atoms with Crippen LogP contribution in [0.15, 0.2) is 18.2 Å². The molecule has 1 aromatic carbocycles. The molecule has 0 radical (unpaired) electrons. The molecule has 1 atom stereocenters. The summed E-state index contributed by atoms with van der Waals surface area (Å²) in [7, 11) is 0. The lowest BCUT2D eigenvalue weighted by molar-refractivity contribution is 0.174. The van der Waals surface area contributed by atoms with Gasteiger partial charge in [-0.1, -0.05) is 13.0 Å². The minimum atomic E-state index is -0.151. The summed E-state index contributed by atoms with van der Waals surface area (Å²) in [5.74, 6) is 1.49. The molecule has 98 valence electrons. The van der Waals surface area contributed by atoms with E-state index < -0.39 is 0 Å². The van der Waals surface area contributed by atoms with E-state index in [0.717, 1.165) is 23.5 Å². The summed E-state index contributed by atoms with van der Waals surface area (Å²) in [6.07, 6.45) is 0.914. The average Bonchev–Trinajstić information content (AvgIpc) is 2.83. The van der Waals surface area contributed by atoms with Crippen molar-refractivity contribution < 1.29 is 14.3 Å². The number of hydrogen-bond acceptors (Lipinski definition) is 3. The smallest absolute Gasteiger partial charge is 0.315 e. The third-order valence-corrected chi connectivity index (χ3v) is 2.88. The van der Waals surface area contributed by atoms with Crippen molar-refractivity contribution in [1.29, 1.82) is 0 Å². The molecule has 1 aromatic rings. The first-order valence-electron chi connectivity index (χ1n) is 6.12. The summed E-state index contributed by atoms with van der Waals surface area (Å²) in [5.41, 5.74) is 0.985. The van der Waals surface area contributed by atoms with Gasteiger partial charge in [-0.3, -0.25) is 0 Å². The first-order valence-corrected chi connectivity index (χ1v) is 6.12. The summed E-state index contributed by atoms with van der Waals surface area (Å²) >= 11 is 0. The van der Waals surface area contributed by atoms with Crippen molar-refractivity contribution in [3.8, 4) is 11.5 Å². The Labute approximate surface area is 106 Å². The van der Waals surface area contributed by atoms with Crippen LogP contribution in [-0.2, 0) is 6.54 Å². The van der Waals surface area contributed by atoms with E-state index >= 15 is 0 Å². The molecule has 0 fully saturated rings. The first kappa shape index (κ1) is 12.5. The maximum atomic E-state index is 11.5. The number of benzene rings is 1. The van der Waals surface area contributed by atoms with E-state index in [9.17, 15) is 4.79 Å². The Balaban J connectivity index is 1.85. The largest absolute Gasteiger partial charge is 0.454 e. The van der Waals surface area contributed by atoms with E-state index in [1.807, 2.05) is 32.0 Å². The van der Waals surface area contributed by atoms with Gasteiger partial charge in [-0.25, -0.2) is 4.79 Å². The summed E-state index contributed by atoms with van der Waals surface area (Å²) in [4.78, 5) is 11.5. The van der Waals surface area contributed by atoms with Gasteiger partial charge in [0.2, 0.25) is 6.79 Å². The molecule has 1 unspecified atom stereocenters. The molecule has 1 aliphatic rings. The highest BCUT2D eigenvalue weighted by molar-refractivity contribution is 5.74. The summed E-state index contributed by atoms with van der Waals surface area (Å²) < 4.78 is 10.5. The van der Waals surface area contributed by atoms with E-state index in [0.29, 0.717) is 6.54 Å². The minimum absolute atomic E-state index is 0.151. The van der Waals surface area contributed by atoms with Crippen molar-refractivity contribution in [1.82, 2.24) is 10.6 Å². The highest BCUT2D eigenvalue weighted by atomic mass is 16.7. The summed E-state index contributed by atoms with van der Waals surface area (Å²) in [6.45, 7) is 4.74. The molecule has 2 amide bonds. The van der Waals surface area contributed by atoms with Gasteiger partial charge in [0.25, 0.3) is 0 Å². The lowest BCUT2D eigenvalue weighted by Crippen LogP contribution is -2.40. The van der Waals surface area contributed by atoms with Crippen LogP contribution >= 0.6 is 0 Å². The zero-order chi connectivity index (χ0) is 13.0. The lowest BCUT2D eigenvalue weighted by Gasteiger charge is -2.12. The number of amides is 2. The highest BCUT2D eigenvalue weighted by Gasteiger charge is 2.13. The third-order valence-electron chi connectivity index (χ3n) is 2.88. The van der Waals surface area contributed by atoms with Gasteiger partial charge in [-0.15, -0.1) is 0 Å². The second-order valence-corrected chi connectivity index (χ2v) is 4.32. The SMILES string of the molecule is CCC(C)NC(=O)NCc1ccc2c(c1)OCO2.